The maximum absolute atomic E-state index is 5.39. The van der Waals surface area contributed by atoms with E-state index in [0.29, 0.717) is 5.92 Å². The van der Waals surface area contributed by atoms with Crippen LogP contribution in [0.4, 0.5) is 0 Å². The Balaban J connectivity index is 1.73. The van der Waals surface area contributed by atoms with E-state index >= 15 is 0 Å². The third-order valence-corrected chi connectivity index (χ3v) is 4.11. The van der Waals surface area contributed by atoms with E-state index in [1.807, 2.05) is 0 Å². The first kappa shape index (κ1) is 15.5. The smallest absolute Gasteiger partial charge is 0.0507 e. The van der Waals surface area contributed by atoms with Crippen molar-refractivity contribution in [3.8, 4) is 0 Å². The van der Waals surface area contributed by atoms with Crippen LogP contribution in [0.3, 0.4) is 0 Å². The standard InChI is InChI=1S/C17H28N2O/c1-3-19(4-2)13-16-7-5-15(6-8-16)11-18-12-17-9-10-20-14-17/h5-8,17-18H,3-4,9-14H2,1-2H3. The quantitative estimate of drug-likeness (QED) is 0.790. The lowest BCUT2D eigenvalue weighted by atomic mass is 10.1. The minimum Gasteiger partial charge on any atom is -0.381 e. The molecule has 0 amide bonds. The van der Waals surface area contributed by atoms with Gasteiger partial charge in [0.15, 0.2) is 0 Å². The molecule has 1 aromatic carbocycles. The second-order valence-corrected chi connectivity index (χ2v) is 5.64. The minimum absolute atomic E-state index is 0.705. The summed E-state index contributed by atoms with van der Waals surface area (Å²) in [5.41, 5.74) is 2.77. The van der Waals surface area contributed by atoms with Crippen molar-refractivity contribution in [1.82, 2.24) is 10.2 Å². The zero-order valence-electron chi connectivity index (χ0n) is 12.9. The molecule has 1 aliphatic heterocycles. The second kappa shape index (κ2) is 8.40. The third-order valence-electron chi connectivity index (χ3n) is 4.11. The Morgan fingerprint density at radius 1 is 1.15 bits per heavy atom. The zero-order chi connectivity index (χ0) is 14.2. The van der Waals surface area contributed by atoms with Gasteiger partial charge in [-0.05, 0) is 36.6 Å². The van der Waals surface area contributed by atoms with Crippen molar-refractivity contribution in [1.29, 1.82) is 0 Å². The molecule has 1 aromatic rings. The molecule has 1 atom stereocenters. The van der Waals surface area contributed by atoms with Crippen LogP contribution < -0.4 is 5.32 Å². The summed E-state index contributed by atoms with van der Waals surface area (Å²) in [6.07, 6.45) is 1.20. The first-order valence-electron chi connectivity index (χ1n) is 7.90. The van der Waals surface area contributed by atoms with Crippen molar-refractivity contribution in [3.05, 3.63) is 35.4 Å². The first-order chi connectivity index (χ1) is 9.81. The van der Waals surface area contributed by atoms with Gasteiger partial charge in [0.05, 0.1) is 6.61 Å². The van der Waals surface area contributed by atoms with E-state index in [-0.39, 0.29) is 0 Å². The van der Waals surface area contributed by atoms with Gasteiger partial charge in [-0.25, -0.2) is 0 Å². The fourth-order valence-electron chi connectivity index (χ4n) is 2.63. The normalized spacial score (nSPS) is 18.9. The number of hydrogen-bond donors (Lipinski definition) is 1. The average Bonchev–Trinajstić information content (AvgIpc) is 2.99. The molecule has 1 aliphatic rings. The highest BCUT2D eigenvalue weighted by atomic mass is 16.5. The summed E-state index contributed by atoms with van der Waals surface area (Å²) in [6.45, 7) is 11.6. The van der Waals surface area contributed by atoms with Gasteiger partial charge in [0.25, 0.3) is 0 Å². The molecule has 0 aromatic heterocycles. The molecule has 1 N–H and O–H groups in total. The highest BCUT2D eigenvalue weighted by Crippen LogP contribution is 2.11. The SMILES string of the molecule is CCN(CC)Cc1ccc(CNCC2CCOC2)cc1. The van der Waals surface area contributed by atoms with Crippen molar-refractivity contribution in [2.75, 3.05) is 32.8 Å². The van der Waals surface area contributed by atoms with Crippen LogP contribution in [0.1, 0.15) is 31.4 Å². The Hall–Kier alpha value is -0.900. The third kappa shape index (κ3) is 4.89. The van der Waals surface area contributed by atoms with Gasteiger partial charge in [0.2, 0.25) is 0 Å². The Labute approximate surface area is 123 Å². The molecule has 20 heavy (non-hydrogen) atoms. The van der Waals surface area contributed by atoms with Crippen LogP contribution in [-0.2, 0) is 17.8 Å². The van der Waals surface area contributed by atoms with E-state index in [2.05, 4.69) is 48.3 Å². The molecule has 1 saturated heterocycles. The summed E-state index contributed by atoms with van der Waals surface area (Å²) >= 11 is 0. The molecular weight excluding hydrogens is 248 g/mol. The molecule has 0 aliphatic carbocycles. The fraction of sp³-hybridized carbons (Fsp3) is 0.647. The molecule has 3 heteroatoms. The van der Waals surface area contributed by atoms with Gasteiger partial charge in [-0.1, -0.05) is 38.1 Å². The van der Waals surface area contributed by atoms with Gasteiger partial charge in [0.1, 0.15) is 0 Å². The van der Waals surface area contributed by atoms with Gasteiger partial charge >= 0.3 is 0 Å². The van der Waals surface area contributed by atoms with Crippen LogP contribution in [0.25, 0.3) is 0 Å². The largest absolute Gasteiger partial charge is 0.381 e. The Bertz CT molecular complexity index is 367. The highest BCUT2D eigenvalue weighted by molar-refractivity contribution is 5.22. The van der Waals surface area contributed by atoms with Crippen molar-refractivity contribution in [2.45, 2.75) is 33.4 Å². The molecule has 1 unspecified atom stereocenters. The summed E-state index contributed by atoms with van der Waals surface area (Å²) in [7, 11) is 0. The minimum atomic E-state index is 0.705. The number of nitrogens with one attached hydrogen (secondary N) is 1. The van der Waals surface area contributed by atoms with E-state index in [0.717, 1.165) is 45.9 Å². The van der Waals surface area contributed by atoms with Gasteiger partial charge in [-0.3, -0.25) is 4.90 Å². The van der Waals surface area contributed by atoms with Gasteiger partial charge in [-0.15, -0.1) is 0 Å². The molecule has 112 valence electrons. The second-order valence-electron chi connectivity index (χ2n) is 5.64. The molecule has 3 nitrogen and oxygen atoms in total. The number of ether oxygens (including phenoxy) is 1. The van der Waals surface area contributed by atoms with Crippen LogP contribution in [0.2, 0.25) is 0 Å². The van der Waals surface area contributed by atoms with Crippen molar-refractivity contribution in [3.63, 3.8) is 0 Å². The molecule has 0 radical (unpaired) electrons. The van der Waals surface area contributed by atoms with E-state index in [9.17, 15) is 0 Å². The maximum atomic E-state index is 5.39. The Morgan fingerprint density at radius 2 is 1.85 bits per heavy atom. The molecule has 0 bridgehead atoms. The van der Waals surface area contributed by atoms with E-state index in [1.54, 1.807) is 0 Å². The number of benzene rings is 1. The van der Waals surface area contributed by atoms with E-state index in [4.69, 9.17) is 4.74 Å². The van der Waals surface area contributed by atoms with Crippen LogP contribution >= 0.6 is 0 Å². The molecule has 2 rings (SSSR count). The summed E-state index contributed by atoms with van der Waals surface area (Å²) in [5.74, 6) is 0.705. The van der Waals surface area contributed by atoms with Crippen molar-refractivity contribution < 1.29 is 4.74 Å². The number of hydrogen-bond acceptors (Lipinski definition) is 3. The number of rotatable bonds is 8. The molecule has 1 heterocycles. The van der Waals surface area contributed by atoms with E-state index in [1.165, 1.54) is 17.5 Å². The zero-order valence-corrected chi connectivity index (χ0v) is 12.9. The molecule has 1 fully saturated rings. The van der Waals surface area contributed by atoms with Crippen LogP contribution in [0.5, 0.6) is 0 Å². The van der Waals surface area contributed by atoms with Gasteiger partial charge in [0, 0.05) is 26.2 Å². The van der Waals surface area contributed by atoms with Crippen LogP contribution in [-0.4, -0.2) is 37.7 Å². The van der Waals surface area contributed by atoms with Crippen LogP contribution in [0, 0.1) is 5.92 Å². The highest BCUT2D eigenvalue weighted by Gasteiger charge is 2.14. The average molecular weight is 276 g/mol. The Kier molecular flexibility index (Phi) is 6.51. The van der Waals surface area contributed by atoms with Gasteiger partial charge in [-0.2, -0.15) is 0 Å². The monoisotopic (exact) mass is 276 g/mol. The summed E-state index contributed by atoms with van der Waals surface area (Å²) < 4.78 is 5.39. The fourth-order valence-corrected chi connectivity index (χ4v) is 2.63. The maximum Gasteiger partial charge on any atom is 0.0507 e. The van der Waals surface area contributed by atoms with E-state index < -0.39 is 0 Å². The Morgan fingerprint density at radius 3 is 2.45 bits per heavy atom. The predicted molar refractivity (Wildman–Crippen MR) is 83.7 cm³/mol. The topological polar surface area (TPSA) is 24.5 Å². The lowest BCUT2D eigenvalue weighted by Gasteiger charge is -2.18. The summed E-state index contributed by atoms with van der Waals surface area (Å²) in [5, 5.41) is 3.54. The number of nitrogens with zero attached hydrogens (tertiary/aromatic N) is 1. The summed E-state index contributed by atoms with van der Waals surface area (Å²) in [4.78, 5) is 2.44. The molecule has 0 spiro atoms. The molecule has 0 saturated carbocycles. The van der Waals surface area contributed by atoms with Crippen molar-refractivity contribution in [2.24, 2.45) is 5.92 Å². The summed E-state index contributed by atoms with van der Waals surface area (Å²) in [6, 6.07) is 9.01. The first-order valence-corrected chi connectivity index (χ1v) is 7.90. The van der Waals surface area contributed by atoms with Crippen molar-refractivity contribution >= 4 is 0 Å². The van der Waals surface area contributed by atoms with Crippen LogP contribution in [0.15, 0.2) is 24.3 Å². The lowest BCUT2D eigenvalue weighted by molar-refractivity contribution is 0.185. The predicted octanol–water partition coefficient (Wildman–Crippen LogP) is 2.65. The molecular formula is C17H28N2O. The van der Waals surface area contributed by atoms with Gasteiger partial charge < -0.3 is 10.1 Å². The lowest BCUT2D eigenvalue weighted by Crippen LogP contribution is -2.23.